The monoisotopic (exact) mass is 270 g/mol. The normalized spacial score (nSPS) is 14.5. The van der Waals surface area contributed by atoms with Gasteiger partial charge in [-0.05, 0) is 54.9 Å². The number of hydrogen-bond acceptors (Lipinski definition) is 0. The van der Waals surface area contributed by atoms with Gasteiger partial charge in [-0.15, -0.1) is 11.6 Å². The van der Waals surface area contributed by atoms with E-state index in [4.69, 9.17) is 11.6 Å². The van der Waals surface area contributed by atoms with Crippen LogP contribution in [-0.2, 0) is 6.42 Å². The van der Waals surface area contributed by atoms with Crippen molar-refractivity contribution in [3.63, 3.8) is 0 Å². The summed E-state index contributed by atoms with van der Waals surface area (Å²) < 4.78 is 13.1. The maximum absolute atomic E-state index is 13.1. The molecule has 0 aromatic heterocycles. The minimum atomic E-state index is -0.155. The molecule has 0 saturated carbocycles. The zero-order chi connectivity index (χ0) is 13.6. The summed E-state index contributed by atoms with van der Waals surface area (Å²) in [6, 6.07) is 5.08. The first-order chi connectivity index (χ1) is 8.56. The maximum Gasteiger partial charge on any atom is 0.123 e. The molecule has 0 aliphatic heterocycles. The molecule has 2 heteroatoms. The van der Waals surface area contributed by atoms with Gasteiger partial charge in [0.05, 0.1) is 0 Å². The summed E-state index contributed by atoms with van der Waals surface area (Å²) in [5.41, 5.74) is 2.43. The van der Waals surface area contributed by atoms with Crippen molar-refractivity contribution >= 4 is 11.6 Å². The second-order valence-corrected chi connectivity index (χ2v) is 5.61. The summed E-state index contributed by atoms with van der Waals surface area (Å²) in [6.45, 7) is 6.39. The van der Waals surface area contributed by atoms with Crippen LogP contribution in [-0.4, -0.2) is 5.88 Å². The fourth-order valence-corrected chi connectivity index (χ4v) is 2.83. The third-order valence-corrected chi connectivity index (χ3v) is 4.53. The number of aryl methyl sites for hydroxylation is 1. The number of hydrogen-bond donors (Lipinski definition) is 0. The van der Waals surface area contributed by atoms with Gasteiger partial charge in [-0.1, -0.05) is 32.8 Å². The van der Waals surface area contributed by atoms with Crippen LogP contribution in [0, 0.1) is 18.2 Å². The topological polar surface area (TPSA) is 0 Å². The van der Waals surface area contributed by atoms with Crippen LogP contribution in [0.4, 0.5) is 4.39 Å². The smallest absolute Gasteiger partial charge is 0.123 e. The second kappa shape index (κ2) is 7.13. The first-order valence-corrected chi connectivity index (χ1v) is 7.41. The van der Waals surface area contributed by atoms with Crippen LogP contribution in [0.1, 0.15) is 50.7 Å². The Balaban J connectivity index is 2.88. The molecule has 0 amide bonds. The third kappa shape index (κ3) is 3.98. The summed E-state index contributed by atoms with van der Waals surface area (Å²) >= 11 is 6.22. The molecule has 0 spiro atoms. The Morgan fingerprint density at radius 3 is 2.50 bits per heavy atom. The lowest BCUT2D eigenvalue weighted by Gasteiger charge is -2.31. The van der Waals surface area contributed by atoms with Gasteiger partial charge in [0.15, 0.2) is 0 Å². The van der Waals surface area contributed by atoms with Crippen molar-refractivity contribution in [2.75, 3.05) is 5.88 Å². The number of benzene rings is 1. The summed E-state index contributed by atoms with van der Waals surface area (Å²) in [6.07, 6.45) is 5.59. The summed E-state index contributed by atoms with van der Waals surface area (Å²) in [7, 11) is 0. The molecule has 1 unspecified atom stereocenters. The van der Waals surface area contributed by atoms with E-state index < -0.39 is 0 Å². The first kappa shape index (κ1) is 15.5. The highest BCUT2D eigenvalue weighted by Gasteiger charge is 2.27. The highest BCUT2D eigenvalue weighted by atomic mass is 35.5. The number of rotatable bonds is 7. The van der Waals surface area contributed by atoms with E-state index in [1.165, 1.54) is 18.4 Å². The lowest BCUT2D eigenvalue weighted by Crippen LogP contribution is -2.25. The van der Waals surface area contributed by atoms with Crippen molar-refractivity contribution in [2.24, 2.45) is 5.41 Å². The molecule has 1 aromatic rings. The van der Waals surface area contributed by atoms with E-state index in [1.807, 2.05) is 13.0 Å². The van der Waals surface area contributed by atoms with Crippen LogP contribution in [0.25, 0.3) is 0 Å². The van der Waals surface area contributed by atoms with Crippen molar-refractivity contribution in [3.8, 4) is 0 Å². The van der Waals surface area contributed by atoms with E-state index in [9.17, 15) is 4.39 Å². The van der Waals surface area contributed by atoms with E-state index in [0.717, 1.165) is 24.8 Å². The van der Waals surface area contributed by atoms with Crippen LogP contribution < -0.4 is 0 Å². The van der Waals surface area contributed by atoms with E-state index in [-0.39, 0.29) is 11.2 Å². The molecule has 1 aromatic carbocycles. The molecule has 18 heavy (non-hydrogen) atoms. The van der Waals surface area contributed by atoms with Crippen molar-refractivity contribution in [3.05, 3.63) is 35.1 Å². The minimum absolute atomic E-state index is 0.155. The molecular weight excluding hydrogens is 247 g/mol. The van der Waals surface area contributed by atoms with Crippen molar-refractivity contribution in [2.45, 2.75) is 52.9 Å². The van der Waals surface area contributed by atoms with Gasteiger partial charge in [-0.25, -0.2) is 4.39 Å². The third-order valence-electron chi connectivity index (χ3n) is 3.96. The first-order valence-electron chi connectivity index (χ1n) is 6.88. The van der Waals surface area contributed by atoms with Crippen molar-refractivity contribution in [1.29, 1.82) is 0 Å². The van der Waals surface area contributed by atoms with E-state index in [0.29, 0.717) is 5.88 Å². The molecule has 0 nitrogen and oxygen atoms in total. The average Bonchev–Trinajstić information content (AvgIpc) is 2.37. The Morgan fingerprint density at radius 2 is 2.00 bits per heavy atom. The van der Waals surface area contributed by atoms with Crippen LogP contribution in [0.15, 0.2) is 18.2 Å². The second-order valence-electron chi connectivity index (χ2n) is 5.34. The zero-order valence-corrected chi connectivity index (χ0v) is 12.5. The maximum atomic E-state index is 13.1. The highest BCUT2D eigenvalue weighted by molar-refractivity contribution is 6.18. The Labute approximate surface area is 116 Å². The molecule has 0 heterocycles. The predicted octanol–water partition coefficient (Wildman–Crippen LogP) is 5.50. The minimum Gasteiger partial charge on any atom is -0.207 e. The zero-order valence-electron chi connectivity index (χ0n) is 11.7. The summed E-state index contributed by atoms with van der Waals surface area (Å²) in [5.74, 6) is 0.526. The van der Waals surface area contributed by atoms with Gasteiger partial charge in [0.1, 0.15) is 5.82 Å². The van der Waals surface area contributed by atoms with Gasteiger partial charge in [0.2, 0.25) is 0 Å². The van der Waals surface area contributed by atoms with Crippen molar-refractivity contribution in [1.82, 2.24) is 0 Å². The van der Waals surface area contributed by atoms with Crippen LogP contribution in [0.3, 0.4) is 0 Å². The van der Waals surface area contributed by atoms with Gasteiger partial charge in [0.25, 0.3) is 0 Å². The molecule has 0 N–H and O–H groups in total. The van der Waals surface area contributed by atoms with Crippen LogP contribution in [0.5, 0.6) is 0 Å². The number of unbranched alkanes of at least 4 members (excludes halogenated alkanes) is 1. The average molecular weight is 271 g/mol. The number of halogens is 2. The summed E-state index contributed by atoms with van der Waals surface area (Å²) in [4.78, 5) is 0. The lowest BCUT2D eigenvalue weighted by molar-refractivity contribution is 0.278. The van der Waals surface area contributed by atoms with Crippen LogP contribution >= 0.6 is 11.6 Å². The largest absolute Gasteiger partial charge is 0.207 e. The molecule has 0 bridgehead atoms. The van der Waals surface area contributed by atoms with Gasteiger partial charge in [-0.3, -0.25) is 0 Å². The Kier molecular flexibility index (Phi) is 6.14. The SMILES string of the molecule is CCCCC(CC)(CCl)Cc1ccc(F)cc1C. The fraction of sp³-hybridized carbons (Fsp3) is 0.625. The lowest BCUT2D eigenvalue weighted by atomic mass is 9.76. The van der Waals surface area contributed by atoms with Gasteiger partial charge in [-0.2, -0.15) is 0 Å². The molecular formula is C16H24ClF. The van der Waals surface area contributed by atoms with Gasteiger partial charge >= 0.3 is 0 Å². The molecule has 1 atom stereocenters. The standard InChI is InChI=1S/C16H24ClF/c1-4-6-9-16(5-2,12-17)11-14-7-8-15(18)10-13(14)3/h7-8,10H,4-6,9,11-12H2,1-3H3. The van der Waals surface area contributed by atoms with Crippen LogP contribution in [0.2, 0.25) is 0 Å². The van der Waals surface area contributed by atoms with E-state index in [2.05, 4.69) is 13.8 Å². The Morgan fingerprint density at radius 1 is 1.28 bits per heavy atom. The molecule has 102 valence electrons. The van der Waals surface area contributed by atoms with E-state index in [1.54, 1.807) is 12.1 Å². The van der Waals surface area contributed by atoms with E-state index >= 15 is 0 Å². The van der Waals surface area contributed by atoms with Gasteiger partial charge < -0.3 is 0 Å². The molecule has 0 aliphatic rings. The Bertz CT molecular complexity index is 369. The molecule has 0 saturated heterocycles. The summed E-state index contributed by atoms with van der Waals surface area (Å²) in [5, 5.41) is 0. The number of alkyl halides is 1. The molecule has 0 aliphatic carbocycles. The van der Waals surface area contributed by atoms with Gasteiger partial charge in [0, 0.05) is 5.88 Å². The molecule has 0 radical (unpaired) electrons. The van der Waals surface area contributed by atoms with Crippen molar-refractivity contribution < 1.29 is 4.39 Å². The highest BCUT2D eigenvalue weighted by Crippen LogP contribution is 2.35. The predicted molar refractivity (Wildman–Crippen MR) is 77.8 cm³/mol. The quantitative estimate of drug-likeness (QED) is 0.574. The molecule has 1 rings (SSSR count). The molecule has 0 fully saturated rings. The fourth-order valence-electron chi connectivity index (χ4n) is 2.41. The Hall–Kier alpha value is -0.560.